The van der Waals surface area contributed by atoms with Gasteiger partial charge in [0, 0.05) is 18.9 Å². The van der Waals surface area contributed by atoms with Crippen molar-refractivity contribution in [2.24, 2.45) is 0 Å². The van der Waals surface area contributed by atoms with Gasteiger partial charge in [0.05, 0.1) is 0 Å². The Hall–Kier alpha value is -3.54. The third kappa shape index (κ3) is 4.79. The van der Waals surface area contributed by atoms with Crippen LogP contribution in [0.4, 0.5) is 0 Å². The standard InChI is InChI=1S/C19H22N4O5/c1-4-7-21-17(25)12(2)22-15(24)11-27-19(26)16-13(3)28-18(14(16)10-20)23-8-5-6-9-23/h5-6,8-9,12H,4,7,11H2,1-3H3,(H,21,25)(H,22,24)/t12-/m1/s1. The predicted molar refractivity (Wildman–Crippen MR) is 98.7 cm³/mol. The van der Waals surface area contributed by atoms with Crippen LogP contribution in [0.2, 0.25) is 0 Å². The minimum Gasteiger partial charge on any atom is -0.452 e. The molecule has 2 N–H and O–H groups in total. The number of carbonyl (C=O) groups excluding carboxylic acids is 3. The molecule has 0 saturated carbocycles. The van der Waals surface area contributed by atoms with Crippen molar-refractivity contribution >= 4 is 17.8 Å². The number of carbonyl (C=O) groups is 3. The number of rotatable bonds is 8. The lowest BCUT2D eigenvalue weighted by Crippen LogP contribution is -2.46. The average Bonchev–Trinajstić information content (AvgIpc) is 3.31. The van der Waals surface area contributed by atoms with Gasteiger partial charge in [0.25, 0.3) is 5.91 Å². The van der Waals surface area contributed by atoms with Crippen LogP contribution in [0.25, 0.3) is 5.88 Å². The van der Waals surface area contributed by atoms with E-state index in [4.69, 9.17) is 9.15 Å². The first-order valence-corrected chi connectivity index (χ1v) is 8.80. The maximum absolute atomic E-state index is 12.4. The van der Waals surface area contributed by atoms with Crippen molar-refractivity contribution in [2.45, 2.75) is 33.2 Å². The van der Waals surface area contributed by atoms with E-state index in [9.17, 15) is 19.6 Å². The van der Waals surface area contributed by atoms with Crippen molar-refractivity contribution in [1.82, 2.24) is 15.2 Å². The van der Waals surface area contributed by atoms with Crippen molar-refractivity contribution < 1.29 is 23.5 Å². The fraction of sp³-hybridized carbons (Fsp3) is 0.368. The first-order chi connectivity index (χ1) is 13.4. The molecule has 0 aliphatic heterocycles. The molecule has 2 heterocycles. The summed E-state index contributed by atoms with van der Waals surface area (Å²) >= 11 is 0. The highest BCUT2D eigenvalue weighted by Gasteiger charge is 2.26. The number of amides is 2. The number of aromatic nitrogens is 1. The van der Waals surface area contributed by atoms with E-state index < -0.39 is 24.5 Å². The molecule has 0 spiro atoms. The topological polar surface area (TPSA) is 126 Å². The van der Waals surface area contributed by atoms with Gasteiger partial charge in [0.2, 0.25) is 11.8 Å². The van der Waals surface area contributed by atoms with Crippen molar-refractivity contribution in [1.29, 1.82) is 5.26 Å². The van der Waals surface area contributed by atoms with E-state index in [0.717, 1.165) is 6.42 Å². The highest BCUT2D eigenvalue weighted by atomic mass is 16.5. The summed E-state index contributed by atoms with van der Waals surface area (Å²) in [5.74, 6) is -1.40. The van der Waals surface area contributed by atoms with Crippen LogP contribution >= 0.6 is 0 Å². The highest BCUT2D eigenvalue weighted by molar-refractivity contribution is 5.96. The Morgan fingerprint density at radius 3 is 2.61 bits per heavy atom. The quantitative estimate of drug-likeness (QED) is 0.661. The summed E-state index contributed by atoms with van der Waals surface area (Å²) in [6.07, 6.45) is 4.12. The molecule has 2 aromatic heterocycles. The fourth-order valence-electron chi connectivity index (χ4n) is 2.48. The van der Waals surface area contributed by atoms with Gasteiger partial charge in [-0.25, -0.2) is 4.79 Å². The van der Waals surface area contributed by atoms with Crippen LogP contribution < -0.4 is 10.6 Å². The number of hydrogen-bond donors (Lipinski definition) is 2. The smallest absolute Gasteiger partial charge is 0.343 e. The Morgan fingerprint density at radius 1 is 1.32 bits per heavy atom. The Morgan fingerprint density at radius 2 is 2.00 bits per heavy atom. The first kappa shape index (κ1) is 20.8. The van der Waals surface area contributed by atoms with Crippen LogP contribution in [0.5, 0.6) is 0 Å². The predicted octanol–water partition coefficient (Wildman–Crippen LogP) is 1.44. The van der Waals surface area contributed by atoms with Gasteiger partial charge in [-0.05, 0) is 32.4 Å². The Bertz CT molecular complexity index is 892. The molecule has 2 rings (SSSR count). The normalized spacial score (nSPS) is 11.4. The minimum absolute atomic E-state index is 0.0198. The van der Waals surface area contributed by atoms with E-state index in [1.165, 1.54) is 13.8 Å². The SMILES string of the molecule is CCCNC(=O)[C@@H](C)NC(=O)COC(=O)c1c(C)oc(-n2cccc2)c1C#N. The largest absolute Gasteiger partial charge is 0.452 e. The highest BCUT2D eigenvalue weighted by Crippen LogP contribution is 2.26. The maximum Gasteiger partial charge on any atom is 0.343 e. The molecule has 9 heteroatoms. The molecule has 0 radical (unpaired) electrons. The number of hydrogen-bond acceptors (Lipinski definition) is 6. The summed E-state index contributed by atoms with van der Waals surface area (Å²) < 4.78 is 12.1. The summed E-state index contributed by atoms with van der Waals surface area (Å²) in [4.78, 5) is 36.1. The van der Waals surface area contributed by atoms with Crippen LogP contribution in [0.15, 0.2) is 28.9 Å². The number of nitriles is 1. The number of nitrogens with zero attached hydrogens (tertiary/aromatic N) is 2. The molecule has 0 aromatic carbocycles. The van der Waals surface area contributed by atoms with Gasteiger partial charge < -0.3 is 19.8 Å². The van der Waals surface area contributed by atoms with Crippen LogP contribution in [0.3, 0.4) is 0 Å². The Balaban J connectivity index is 2.01. The van der Waals surface area contributed by atoms with E-state index in [-0.39, 0.29) is 28.7 Å². The lowest BCUT2D eigenvalue weighted by Gasteiger charge is -2.13. The molecule has 2 aromatic rings. The van der Waals surface area contributed by atoms with E-state index in [1.807, 2.05) is 13.0 Å². The number of nitrogens with one attached hydrogen (secondary N) is 2. The van der Waals surface area contributed by atoms with E-state index in [2.05, 4.69) is 10.6 Å². The molecule has 0 saturated heterocycles. The Kier molecular flexibility index (Phi) is 6.98. The van der Waals surface area contributed by atoms with Crippen molar-refractivity contribution in [2.75, 3.05) is 13.2 Å². The third-order valence-electron chi connectivity index (χ3n) is 3.87. The van der Waals surface area contributed by atoms with Crippen molar-refractivity contribution in [3.05, 3.63) is 41.4 Å². The van der Waals surface area contributed by atoms with Gasteiger partial charge in [-0.3, -0.25) is 14.2 Å². The van der Waals surface area contributed by atoms with Crippen LogP contribution in [-0.4, -0.2) is 41.5 Å². The zero-order valence-electron chi connectivity index (χ0n) is 15.9. The fourth-order valence-corrected chi connectivity index (χ4v) is 2.48. The van der Waals surface area contributed by atoms with E-state index >= 15 is 0 Å². The van der Waals surface area contributed by atoms with Crippen LogP contribution in [0, 0.1) is 18.3 Å². The van der Waals surface area contributed by atoms with Gasteiger partial charge in [-0.1, -0.05) is 6.92 Å². The molecular weight excluding hydrogens is 364 g/mol. The molecule has 148 valence electrons. The lowest BCUT2D eigenvalue weighted by molar-refractivity contribution is -0.130. The van der Waals surface area contributed by atoms with Crippen molar-refractivity contribution in [3.8, 4) is 12.0 Å². The minimum atomic E-state index is -0.852. The summed E-state index contributed by atoms with van der Waals surface area (Å²) in [6.45, 7) is 4.90. The molecular formula is C19H22N4O5. The third-order valence-corrected chi connectivity index (χ3v) is 3.87. The van der Waals surface area contributed by atoms with Crippen LogP contribution in [-0.2, 0) is 14.3 Å². The van der Waals surface area contributed by atoms with Gasteiger partial charge in [-0.15, -0.1) is 0 Å². The molecule has 2 amide bonds. The molecule has 9 nitrogen and oxygen atoms in total. The van der Waals surface area contributed by atoms with Gasteiger partial charge in [0.15, 0.2) is 6.61 Å². The zero-order chi connectivity index (χ0) is 20.7. The molecule has 0 aliphatic carbocycles. The van der Waals surface area contributed by atoms with E-state index in [0.29, 0.717) is 6.54 Å². The number of aryl methyl sites for hydroxylation is 1. The van der Waals surface area contributed by atoms with Crippen molar-refractivity contribution in [3.63, 3.8) is 0 Å². The van der Waals surface area contributed by atoms with Gasteiger partial charge in [-0.2, -0.15) is 5.26 Å². The zero-order valence-corrected chi connectivity index (χ0v) is 15.9. The molecule has 0 bridgehead atoms. The lowest BCUT2D eigenvalue weighted by atomic mass is 10.1. The summed E-state index contributed by atoms with van der Waals surface area (Å²) in [5.41, 5.74) is -0.0147. The van der Waals surface area contributed by atoms with Gasteiger partial charge in [0.1, 0.15) is 29.0 Å². The summed E-state index contributed by atoms with van der Waals surface area (Å²) in [7, 11) is 0. The Labute approximate surface area is 162 Å². The van der Waals surface area contributed by atoms with E-state index in [1.54, 1.807) is 29.1 Å². The number of ether oxygens (including phenoxy) is 1. The molecule has 0 fully saturated rings. The summed E-state index contributed by atoms with van der Waals surface area (Å²) in [6, 6.07) is 4.68. The van der Waals surface area contributed by atoms with Gasteiger partial charge >= 0.3 is 5.97 Å². The summed E-state index contributed by atoms with van der Waals surface area (Å²) in [5, 5.41) is 14.5. The monoisotopic (exact) mass is 386 g/mol. The second kappa shape index (κ2) is 9.41. The number of esters is 1. The maximum atomic E-state index is 12.4. The van der Waals surface area contributed by atoms with Crippen LogP contribution in [0.1, 0.15) is 41.9 Å². The molecule has 0 aliphatic rings. The average molecular weight is 386 g/mol. The molecule has 0 unspecified atom stereocenters. The number of furan rings is 1. The second-order valence-corrected chi connectivity index (χ2v) is 6.07. The molecule has 28 heavy (non-hydrogen) atoms. The first-order valence-electron chi connectivity index (χ1n) is 8.80. The molecule has 1 atom stereocenters. The second-order valence-electron chi connectivity index (χ2n) is 6.07.